The number of nitrogens with zero attached hydrogens (tertiary/aromatic N) is 2. The Morgan fingerprint density at radius 1 is 1.53 bits per heavy atom. The van der Waals surface area contributed by atoms with Crippen LogP contribution in [0.5, 0.6) is 0 Å². The Bertz CT molecular complexity index is 326. The topological polar surface area (TPSA) is 60.9 Å². The van der Waals surface area contributed by atoms with Crippen LogP contribution in [0.4, 0.5) is 0 Å². The lowest BCUT2D eigenvalue weighted by molar-refractivity contribution is -0.136. The number of aliphatic hydroxyl groups is 1. The first kappa shape index (κ1) is 12.4. The fourth-order valence-electron chi connectivity index (χ4n) is 2.67. The van der Waals surface area contributed by atoms with Crippen molar-refractivity contribution in [3.8, 4) is 0 Å². The second-order valence-electron chi connectivity index (χ2n) is 5.39. The molecule has 2 aliphatic rings. The molecule has 1 aliphatic carbocycles. The van der Waals surface area contributed by atoms with Crippen LogP contribution in [0.1, 0.15) is 19.3 Å². The summed E-state index contributed by atoms with van der Waals surface area (Å²) in [5, 5.41) is 9.20. The first-order chi connectivity index (χ1) is 7.97. The van der Waals surface area contributed by atoms with Gasteiger partial charge in [0.1, 0.15) is 0 Å². The summed E-state index contributed by atoms with van der Waals surface area (Å²) >= 11 is 0. The van der Waals surface area contributed by atoms with Crippen LogP contribution in [-0.2, 0) is 9.59 Å². The molecule has 0 bridgehead atoms. The first-order valence-electron chi connectivity index (χ1n) is 6.14. The number of hydrogen-bond donors (Lipinski definition) is 1. The van der Waals surface area contributed by atoms with Gasteiger partial charge in [-0.15, -0.1) is 0 Å². The van der Waals surface area contributed by atoms with Crippen LogP contribution in [0.15, 0.2) is 0 Å². The highest BCUT2D eigenvalue weighted by Gasteiger charge is 2.35. The Balaban J connectivity index is 1.81. The molecule has 0 aromatic heterocycles. The van der Waals surface area contributed by atoms with E-state index < -0.39 is 0 Å². The van der Waals surface area contributed by atoms with E-state index in [0.29, 0.717) is 25.4 Å². The van der Waals surface area contributed by atoms with Gasteiger partial charge in [0, 0.05) is 33.6 Å². The minimum absolute atomic E-state index is 0.0517. The molecule has 0 spiro atoms. The SMILES string of the molecule is CN1CC(C(=O)N(C)CC2CC(O)C2)CC1=O. The summed E-state index contributed by atoms with van der Waals surface area (Å²) in [4.78, 5) is 26.8. The smallest absolute Gasteiger partial charge is 0.227 e. The first-order valence-corrected chi connectivity index (χ1v) is 6.14. The predicted octanol–water partition coefficient (Wildman–Crippen LogP) is -0.306. The van der Waals surface area contributed by atoms with Gasteiger partial charge >= 0.3 is 0 Å². The van der Waals surface area contributed by atoms with E-state index in [-0.39, 0.29) is 23.8 Å². The molecule has 1 aliphatic heterocycles. The number of rotatable bonds is 3. The van der Waals surface area contributed by atoms with Crippen molar-refractivity contribution < 1.29 is 14.7 Å². The Hall–Kier alpha value is -1.10. The summed E-state index contributed by atoms with van der Waals surface area (Å²) in [6, 6.07) is 0. The van der Waals surface area contributed by atoms with Gasteiger partial charge in [0.25, 0.3) is 0 Å². The molecule has 1 unspecified atom stereocenters. The average molecular weight is 240 g/mol. The van der Waals surface area contributed by atoms with Gasteiger partial charge in [-0.3, -0.25) is 9.59 Å². The summed E-state index contributed by atoms with van der Waals surface area (Å²) in [7, 11) is 3.52. The Morgan fingerprint density at radius 2 is 2.18 bits per heavy atom. The van der Waals surface area contributed by atoms with E-state index in [1.807, 2.05) is 0 Å². The summed E-state index contributed by atoms with van der Waals surface area (Å²) in [6.07, 6.45) is 1.75. The molecule has 0 aromatic rings. The number of carbonyl (C=O) groups is 2. The lowest BCUT2D eigenvalue weighted by atomic mass is 9.82. The third-order valence-electron chi connectivity index (χ3n) is 3.81. The van der Waals surface area contributed by atoms with Crippen LogP contribution >= 0.6 is 0 Å². The van der Waals surface area contributed by atoms with Crippen molar-refractivity contribution in [2.75, 3.05) is 27.2 Å². The third kappa shape index (κ3) is 2.60. The summed E-state index contributed by atoms with van der Waals surface area (Å²) in [5.74, 6) is 0.358. The predicted molar refractivity (Wildman–Crippen MR) is 62.1 cm³/mol. The maximum Gasteiger partial charge on any atom is 0.227 e. The maximum absolute atomic E-state index is 12.1. The van der Waals surface area contributed by atoms with Crippen molar-refractivity contribution in [3.63, 3.8) is 0 Å². The standard InChI is InChI=1S/C12H20N2O3/c1-13-7-9(5-11(13)16)12(17)14(2)6-8-3-10(15)4-8/h8-10,15H,3-7H2,1-2H3. The van der Waals surface area contributed by atoms with Crippen LogP contribution in [0.2, 0.25) is 0 Å². The van der Waals surface area contributed by atoms with E-state index in [4.69, 9.17) is 0 Å². The zero-order valence-electron chi connectivity index (χ0n) is 10.4. The number of amides is 2. The largest absolute Gasteiger partial charge is 0.393 e. The van der Waals surface area contributed by atoms with Crippen LogP contribution in [0.25, 0.3) is 0 Å². The Kier molecular flexibility index (Phi) is 3.38. The average Bonchev–Trinajstić information content (AvgIpc) is 2.56. The van der Waals surface area contributed by atoms with Crippen molar-refractivity contribution in [1.82, 2.24) is 9.80 Å². The Labute approximate surface area is 101 Å². The van der Waals surface area contributed by atoms with E-state index >= 15 is 0 Å². The zero-order chi connectivity index (χ0) is 12.6. The van der Waals surface area contributed by atoms with Crippen molar-refractivity contribution in [3.05, 3.63) is 0 Å². The van der Waals surface area contributed by atoms with Gasteiger partial charge in [-0.25, -0.2) is 0 Å². The van der Waals surface area contributed by atoms with Crippen molar-refractivity contribution in [1.29, 1.82) is 0 Å². The maximum atomic E-state index is 12.1. The molecule has 2 fully saturated rings. The highest BCUT2D eigenvalue weighted by molar-refractivity contribution is 5.89. The molecule has 96 valence electrons. The molecular weight excluding hydrogens is 220 g/mol. The molecule has 17 heavy (non-hydrogen) atoms. The fraction of sp³-hybridized carbons (Fsp3) is 0.833. The number of likely N-dealkylation sites (tertiary alicyclic amines) is 1. The van der Waals surface area contributed by atoms with Gasteiger partial charge in [-0.05, 0) is 18.8 Å². The van der Waals surface area contributed by atoms with Gasteiger partial charge in [0.05, 0.1) is 12.0 Å². The molecular formula is C12H20N2O3. The van der Waals surface area contributed by atoms with Crippen LogP contribution in [0.3, 0.4) is 0 Å². The number of aliphatic hydroxyl groups excluding tert-OH is 1. The van der Waals surface area contributed by atoms with Crippen molar-refractivity contribution in [2.24, 2.45) is 11.8 Å². The molecule has 1 saturated carbocycles. The second-order valence-corrected chi connectivity index (χ2v) is 5.39. The van der Waals surface area contributed by atoms with Crippen LogP contribution in [0, 0.1) is 11.8 Å². The molecule has 0 aromatic carbocycles. The highest BCUT2D eigenvalue weighted by atomic mass is 16.3. The van der Waals surface area contributed by atoms with Gasteiger partial charge in [0.2, 0.25) is 11.8 Å². The summed E-state index contributed by atoms with van der Waals surface area (Å²) < 4.78 is 0. The lowest BCUT2D eigenvalue weighted by Crippen LogP contribution is -2.42. The summed E-state index contributed by atoms with van der Waals surface area (Å²) in [5.41, 5.74) is 0. The monoisotopic (exact) mass is 240 g/mol. The van der Waals surface area contributed by atoms with Crippen LogP contribution in [-0.4, -0.2) is 60.0 Å². The quantitative estimate of drug-likeness (QED) is 0.736. The second kappa shape index (κ2) is 4.64. The Morgan fingerprint density at radius 3 is 2.65 bits per heavy atom. The van der Waals surface area contributed by atoms with E-state index in [2.05, 4.69) is 0 Å². The van der Waals surface area contributed by atoms with Gasteiger partial charge in [-0.2, -0.15) is 0 Å². The molecule has 0 radical (unpaired) electrons. The normalized spacial score (nSPS) is 32.5. The fourth-order valence-corrected chi connectivity index (χ4v) is 2.67. The molecule has 2 rings (SSSR count). The molecule has 1 saturated heterocycles. The molecule has 1 N–H and O–H groups in total. The van der Waals surface area contributed by atoms with E-state index in [1.54, 1.807) is 23.9 Å². The van der Waals surface area contributed by atoms with Crippen LogP contribution < -0.4 is 0 Å². The van der Waals surface area contributed by atoms with E-state index in [1.165, 1.54) is 0 Å². The highest BCUT2D eigenvalue weighted by Crippen LogP contribution is 2.28. The van der Waals surface area contributed by atoms with Gasteiger partial charge < -0.3 is 14.9 Å². The third-order valence-corrected chi connectivity index (χ3v) is 3.81. The molecule has 5 nitrogen and oxygen atoms in total. The van der Waals surface area contributed by atoms with E-state index in [9.17, 15) is 14.7 Å². The minimum Gasteiger partial charge on any atom is -0.393 e. The number of hydrogen-bond acceptors (Lipinski definition) is 3. The molecule has 1 atom stereocenters. The number of carbonyl (C=O) groups excluding carboxylic acids is 2. The molecule has 2 amide bonds. The molecule has 5 heteroatoms. The molecule has 1 heterocycles. The van der Waals surface area contributed by atoms with E-state index in [0.717, 1.165) is 12.8 Å². The lowest BCUT2D eigenvalue weighted by Gasteiger charge is -2.35. The van der Waals surface area contributed by atoms with Crippen molar-refractivity contribution in [2.45, 2.75) is 25.4 Å². The van der Waals surface area contributed by atoms with Gasteiger partial charge in [-0.1, -0.05) is 0 Å². The minimum atomic E-state index is -0.178. The van der Waals surface area contributed by atoms with Gasteiger partial charge in [0.15, 0.2) is 0 Å². The zero-order valence-corrected chi connectivity index (χ0v) is 10.4. The summed E-state index contributed by atoms with van der Waals surface area (Å²) in [6.45, 7) is 1.24. The van der Waals surface area contributed by atoms with Crippen molar-refractivity contribution >= 4 is 11.8 Å².